The number of nitrogens with zero attached hydrogens (tertiary/aromatic N) is 3. The van der Waals surface area contributed by atoms with Gasteiger partial charge in [0.2, 0.25) is 0 Å². The van der Waals surface area contributed by atoms with Crippen molar-refractivity contribution in [3.8, 4) is 22.4 Å². The van der Waals surface area contributed by atoms with E-state index >= 15 is 0 Å². The average molecular weight is 470 g/mol. The number of benzene rings is 3. The molecule has 1 saturated heterocycles. The summed E-state index contributed by atoms with van der Waals surface area (Å²) in [7, 11) is 0. The molecule has 0 saturated carbocycles. The number of halogens is 1. The Labute approximate surface area is 208 Å². The number of hydrogen-bond acceptors (Lipinski definition) is 3. The Morgan fingerprint density at radius 1 is 0.824 bits per heavy atom. The van der Waals surface area contributed by atoms with Crippen molar-refractivity contribution < 1.29 is 0 Å². The molecule has 1 aliphatic heterocycles. The van der Waals surface area contributed by atoms with Gasteiger partial charge in [0.1, 0.15) is 0 Å². The van der Waals surface area contributed by atoms with E-state index in [4.69, 9.17) is 16.6 Å². The van der Waals surface area contributed by atoms with Crippen molar-refractivity contribution in [2.24, 2.45) is 0 Å². The molecule has 0 aliphatic carbocycles. The predicted octanol–water partition coefficient (Wildman–Crippen LogP) is 7.53. The van der Waals surface area contributed by atoms with E-state index in [0.717, 1.165) is 48.0 Å². The lowest BCUT2D eigenvalue weighted by molar-refractivity contribution is 0.186. The number of aromatic nitrogens is 1. The van der Waals surface area contributed by atoms with Gasteiger partial charge >= 0.3 is 0 Å². The fourth-order valence-corrected chi connectivity index (χ4v) is 5.44. The topological polar surface area (TPSA) is 19.4 Å². The lowest BCUT2D eigenvalue weighted by Gasteiger charge is -2.39. The molecule has 4 aromatic rings. The van der Waals surface area contributed by atoms with E-state index in [-0.39, 0.29) is 0 Å². The summed E-state index contributed by atoms with van der Waals surface area (Å²) in [5.41, 5.74) is 6.78. The first kappa shape index (κ1) is 22.9. The monoisotopic (exact) mass is 469 g/mol. The molecule has 1 aromatic heterocycles. The average Bonchev–Trinajstić information content (AvgIpc) is 2.89. The van der Waals surface area contributed by atoms with Gasteiger partial charge in [0, 0.05) is 40.8 Å². The summed E-state index contributed by atoms with van der Waals surface area (Å²) >= 11 is 6.37. The standard InChI is InChI=1S/C30H32ClN3/c1-3-33(4-2)26-16-18-34(19-17-26)30-21-28(32-29-20-25(31)14-15-27(29)30)24-12-10-23(11-13-24)22-8-6-5-7-9-22/h5-15,20-21,26H,3-4,16-19H2,1-2H3. The van der Waals surface area contributed by atoms with E-state index in [1.165, 1.54) is 35.0 Å². The van der Waals surface area contributed by atoms with Crippen molar-refractivity contribution in [3.63, 3.8) is 0 Å². The van der Waals surface area contributed by atoms with Gasteiger partial charge < -0.3 is 9.80 Å². The van der Waals surface area contributed by atoms with Crippen LogP contribution in [-0.2, 0) is 0 Å². The lowest BCUT2D eigenvalue weighted by atomic mass is 9.99. The zero-order valence-electron chi connectivity index (χ0n) is 20.0. The third-order valence-electron chi connectivity index (χ3n) is 7.17. The summed E-state index contributed by atoms with van der Waals surface area (Å²) in [6.45, 7) is 8.92. The van der Waals surface area contributed by atoms with E-state index in [0.29, 0.717) is 6.04 Å². The number of pyridine rings is 1. The third-order valence-corrected chi connectivity index (χ3v) is 7.41. The second kappa shape index (κ2) is 10.2. The second-order valence-electron chi connectivity index (χ2n) is 9.07. The fourth-order valence-electron chi connectivity index (χ4n) is 5.27. The van der Waals surface area contributed by atoms with Gasteiger partial charge in [-0.25, -0.2) is 4.98 Å². The molecule has 0 amide bonds. The van der Waals surface area contributed by atoms with E-state index in [1.54, 1.807) is 0 Å². The van der Waals surface area contributed by atoms with Crippen LogP contribution in [0.3, 0.4) is 0 Å². The Hall–Kier alpha value is -2.88. The van der Waals surface area contributed by atoms with Gasteiger partial charge in [-0.15, -0.1) is 0 Å². The molecule has 34 heavy (non-hydrogen) atoms. The maximum atomic E-state index is 6.37. The highest BCUT2D eigenvalue weighted by Gasteiger charge is 2.24. The maximum absolute atomic E-state index is 6.37. The highest BCUT2D eigenvalue weighted by atomic mass is 35.5. The van der Waals surface area contributed by atoms with Crippen LogP contribution in [0, 0.1) is 0 Å². The molecular weight excluding hydrogens is 438 g/mol. The van der Waals surface area contributed by atoms with Crippen molar-refractivity contribution in [3.05, 3.63) is 83.9 Å². The Kier molecular flexibility index (Phi) is 6.85. The lowest BCUT2D eigenvalue weighted by Crippen LogP contribution is -2.44. The van der Waals surface area contributed by atoms with Gasteiger partial charge in [-0.1, -0.05) is 80.0 Å². The number of anilines is 1. The minimum Gasteiger partial charge on any atom is -0.371 e. The van der Waals surface area contributed by atoms with Crippen molar-refractivity contribution in [1.82, 2.24) is 9.88 Å². The van der Waals surface area contributed by atoms with Gasteiger partial charge in [0.15, 0.2) is 0 Å². The van der Waals surface area contributed by atoms with Gasteiger partial charge in [0.25, 0.3) is 0 Å². The van der Waals surface area contributed by atoms with Gasteiger partial charge in [0.05, 0.1) is 11.2 Å². The van der Waals surface area contributed by atoms with E-state index < -0.39 is 0 Å². The molecule has 1 fully saturated rings. The SMILES string of the molecule is CCN(CC)C1CCN(c2cc(-c3ccc(-c4ccccc4)cc3)nc3cc(Cl)ccc23)CC1. The minimum atomic E-state index is 0.679. The van der Waals surface area contributed by atoms with Crippen molar-refractivity contribution in [2.75, 3.05) is 31.1 Å². The van der Waals surface area contributed by atoms with Gasteiger partial charge in [-0.05, 0) is 61.3 Å². The predicted molar refractivity (Wildman–Crippen MR) is 146 cm³/mol. The molecule has 0 radical (unpaired) electrons. The highest BCUT2D eigenvalue weighted by molar-refractivity contribution is 6.31. The molecule has 4 heteroatoms. The van der Waals surface area contributed by atoms with E-state index in [2.05, 4.69) is 84.3 Å². The van der Waals surface area contributed by atoms with Crippen molar-refractivity contribution >= 4 is 28.2 Å². The number of hydrogen-bond donors (Lipinski definition) is 0. The Balaban J connectivity index is 1.48. The van der Waals surface area contributed by atoms with Crippen LogP contribution in [0.2, 0.25) is 5.02 Å². The molecule has 2 heterocycles. The van der Waals surface area contributed by atoms with Crippen LogP contribution in [0.5, 0.6) is 0 Å². The van der Waals surface area contributed by atoms with Crippen LogP contribution in [0.4, 0.5) is 5.69 Å². The molecule has 0 unspecified atom stereocenters. The molecule has 3 aromatic carbocycles. The summed E-state index contributed by atoms with van der Waals surface area (Å²) in [6.07, 6.45) is 2.39. The van der Waals surface area contributed by atoms with Crippen LogP contribution in [-0.4, -0.2) is 42.1 Å². The molecule has 0 bridgehead atoms. The molecule has 0 spiro atoms. The van der Waals surface area contributed by atoms with E-state index in [9.17, 15) is 0 Å². The Bertz CT molecular complexity index is 1240. The number of piperidine rings is 1. The van der Waals surface area contributed by atoms with E-state index in [1.807, 2.05) is 18.2 Å². The highest BCUT2D eigenvalue weighted by Crippen LogP contribution is 2.35. The van der Waals surface area contributed by atoms with Crippen LogP contribution >= 0.6 is 11.6 Å². The number of rotatable bonds is 6. The second-order valence-corrected chi connectivity index (χ2v) is 9.51. The first-order chi connectivity index (χ1) is 16.7. The molecule has 0 atom stereocenters. The Morgan fingerprint density at radius 2 is 1.47 bits per heavy atom. The smallest absolute Gasteiger partial charge is 0.0745 e. The molecular formula is C30H32ClN3. The minimum absolute atomic E-state index is 0.679. The van der Waals surface area contributed by atoms with Gasteiger partial charge in [-0.2, -0.15) is 0 Å². The maximum Gasteiger partial charge on any atom is 0.0745 e. The van der Waals surface area contributed by atoms with Crippen LogP contribution in [0.1, 0.15) is 26.7 Å². The normalized spacial score (nSPS) is 14.8. The first-order valence-electron chi connectivity index (χ1n) is 12.4. The van der Waals surface area contributed by atoms with Crippen LogP contribution in [0.15, 0.2) is 78.9 Å². The molecule has 0 N–H and O–H groups in total. The quantitative estimate of drug-likeness (QED) is 0.291. The summed E-state index contributed by atoms with van der Waals surface area (Å²) in [5.74, 6) is 0. The van der Waals surface area contributed by atoms with Crippen LogP contribution in [0.25, 0.3) is 33.3 Å². The summed E-state index contributed by atoms with van der Waals surface area (Å²) < 4.78 is 0. The molecule has 5 rings (SSSR count). The van der Waals surface area contributed by atoms with Crippen molar-refractivity contribution in [2.45, 2.75) is 32.7 Å². The summed E-state index contributed by atoms with van der Waals surface area (Å²) in [6, 6.07) is 28.3. The first-order valence-corrected chi connectivity index (χ1v) is 12.8. The zero-order chi connectivity index (χ0) is 23.5. The van der Waals surface area contributed by atoms with Crippen LogP contribution < -0.4 is 4.90 Å². The molecule has 3 nitrogen and oxygen atoms in total. The van der Waals surface area contributed by atoms with Gasteiger partial charge in [-0.3, -0.25) is 0 Å². The summed E-state index contributed by atoms with van der Waals surface area (Å²) in [4.78, 5) is 10.2. The molecule has 174 valence electrons. The zero-order valence-corrected chi connectivity index (χ0v) is 20.8. The fraction of sp³-hybridized carbons (Fsp3) is 0.300. The molecule has 1 aliphatic rings. The largest absolute Gasteiger partial charge is 0.371 e. The Morgan fingerprint density at radius 3 is 2.15 bits per heavy atom. The third kappa shape index (κ3) is 4.68. The summed E-state index contributed by atoms with van der Waals surface area (Å²) in [5, 5.41) is 1.90. The number of fused-ring (bicyclic) bond motifs is 1. The van der Waals surface area contributed by atoms with Crippen molar-refractivity contribution in [1.29, 1.82) is 0 Å².